The molecule has 1 saturated heterocycles. The maximum absolute atomic E-state index is 14.4. The Labute approximate surface area is 137 Å². The second kappa shape index (κ2) is 7.79. The van der Waals surface area contributed by atoms with Crippen LogP contribution in [-0.2, 0) is 6.18 Å². The van der Waals surface area contributed by atoms with Gasteiger partial charge in [0.2, 0.25) is 0 Å². The predicted molar refractivity (Wildman–Crippen MR) is 79.9 cm³/mol. The molecule has 1 aliphatic rings. The van der Waals surface area contributed by atoms with Crippen molar-refractivity contribution in [3.8, 4) is 0 Å². The number of rotatable bonds is 5. The van der Waals surface area contributed by atoms with Crippen LogP contribution in [0.2, 0.25) is 5.02 Å². The van der Waals surface area contributed by atoms with Crippen molar-refractivity contribution < 1.29 is 22.7 Å². The second-order valence-electron chi connectivity index (χ2n) is 5.53. The van der Waals surface area contributed by atoms with Gasteiger partial charge in [-0.3, -0.25) is 4.90 Å². The van der Waals surface area contributed by atoms with Gasteiger partial charge in [-0.05, 0) is 25.0 Å². The van der Waals surface area contributed by atoms with Crippen LogP contribution in [0.25, 0.3) is 0 Å². The average Bonchev–Trinajstić information content (AvgIpc) is 2.51. The first-order valence-corrected chi connectivity index (χ1v) is 7.84. The topological polar surface area (TPSA) is 35.5 Å². The minimum Gasteiger partial charge on any atom is -0.396 e. The SMILES string of the molecule is OCCC[C@H](c1cc(C(F)(F)F)cc(Cl)c1F)N1CCNCC1. The van der Waals surface area contributed by atoms with E-state index in [2.05, 4.69) is 5.32 Å². The first-order chi connectivity index (χ1) is 10.8. The van der Waals surface area contributed by atoms with Crippen molar-refractivity contribution in [3.63, 3.8) is 0 Å². The molecule has 1 aromatic carbocycles. The summed E-state index contributed by atoms with van der Waals surface area (Å²) in [5.41, 5.74) is -1.01. The molecule has 0 bridgehead atoms. The van der Waals surface area contributed by atoms with Crippen molar-refractivity contribution in [2.24, 2.45) is 0 Å². The fourth-order valence-corrected chi connectivity index (χ4v) is 3.06. The Kier molecular flexibility index (Phi) is 6.25. The first kappa shape index (κ1) is 18.4. The van der Waals surface area contributed by atoms with E-state index >= 15 is 0 Å². The van der Waals surface area contributed by atoms with E-state index in [0.29, 0.717) is 45.1 Å². The molecular formula is C15H19ClF4N2O. The van der Waals surface area contributed by atoms with Crippen molar-refractivity contribution >= 4 is 11.6 Å². The Hall–Kier alpha value is -0.890. The normalized spacial score (nSPS) is 18.2. The van der Waals surface area contributed by atoms with Crippen LogP contribution in [0.5, 0.6) is 0 Å². The summed E-state index contributed by atoms with van der Waals surface area (Å²) in [6.07, 6.45) is -3.84. The van der Waals surface area contributed by atoms with Crippen LogP contribution in [0.15, 0.2) is 12.1 Å². The Morgan fingerprint density at radius 3 is 2.48 bits per heavy atom. The Morgan fingerprint density at radius 2 is 1.91 bits per heavy atom. The zero-order valence-electron chi connectivity index (χ0n) is 12.5. The number of halogens is 5. The van der Waals surface area contributed by atoms with Crippen molar-refractivity contribution in [2.45, 2.75) is 25.1 Å². The fourth-order valence-electron chi connectivity index (χ4n) is 2.83. The number of aliphatic hydroxyl groups excluding tert-OH is 1. The highest BCUT2D eigenvalue weighted by Gasteiger charge is 2.34. The molecule has 0 unspecified atom stereocenters. The summed E-state index contributed by atoms with van der Waals surface area (Å²) in [6, 6.07) is 0.913. The van der Waals surface area contributed by atoms with Crippen LogP contribution in [0.3, 0.4) is 0 Å². The third-order valence-corrected chi connectivity index (χ3v) is 4.25. The summed E-state index contributed by atoms with van der Waals surface area (Å²) in [6.45, 7) is 2.47. The van der Waals surface area contributed by atoms with Gasteiger partial charge in [0, 0.05) is 44.4 Å². The van der Waals surface area contributed by atoms with E-state index < -0.39 is 28.6 Å². The summed E-state index contributed by atoms with van der Waals surface area (Å²) in [4.78, 5) is 1.93. The lowest BCUT2D eigenvalue weighted by molar-refractivity contribution is -0.137. The number of hydrogen-bond acceptors (Lipinski definition) is 3. The van der Waals surface area contributed by atoms with Crippen LogP contribution in [0.4, 0.5) is 17.6 Å². The number of aliphatic hydroxyl groups is 1. The van der Waals surface area contributed by atoms with E-state index in [1.807, 2.05) is 4.90 Å². The van der Waals surface area contributed by atoms with E-state index in [0.717, 1.165) is 6.07 Å². The second-order valence-corrected chi connectivity index (χ2v) is 5.93. The third kappa shape index (κ3) is 4.56. The van der Waals surface area contributed by atoms with Gasteiger partial charge >= 0.3 is 6.18 Å². The van der Waals surface area contributed by atoms with Crippen LogP contribution >= 0.6 is 11.6 Å². The van der Waals surface area contributed by atoms with Gasteiger partial charge in [0.05, 0.1) is 10.6 Å². The van der Waals surface area contributed by atoms with Crippen LogP contribution in [0, 0.1) is 5.82 Å². The van der Waals surface area contributed by atoms with Crippen molar-refractivity contribution in [1.82, 2.24) is 10.2 Å². The lowest BCUT2D eigenvalue weighted by Gasteiger charge is -2.35. The smallest absolute Gasteiger partial charge is 0.396 e. The van der Waals surface area contributed by atoms with E-state index in [9.17, 15) is 17.6 Å². The highest BCUT2D eigenvalue weighted by Crippen LogP contribution is 2.37. The number of nitrogens with one attached hydrogen (secondary N) is 1. The maximum atomic E-state index is 14.4. The number of alkyl halides is 3. The maximum Gasteiger partial charge on any atom is 0.416 e. The van der Waals surface area contributed by atoms with Gasteiger partial charge in [-0.1, -0.05) is 11.6 Å². The molecule has 130 valence electrons. The van der Waals surface area contributed by atoms with Crippen molar-refractivity contribution in [2.75, 3.05) is 32.8 Å². The Balaban J connectivity index is 2.41. The molecule has 1 aliphatic heterocycles. The fraction of sp³-hybridized carbons (Fsp3) is 0.600. The standard InChI is InChI=1S/C15H19ClF4N2O/c16-12-9-10(15(18,19)20)8-11(14(12)17)13(2-1-7-23)22-5-3-21-4-6-22/h8-9,13,21,23H,1-7H2/t13-/m1/s1. The summed E-state index contributed by atoms with van der Waals surface area (Å²) >= 11 is 5.69. The molecule has 0 amide bonds. The summed E-state index contributed by atoms with van der Waals surface area (Å²) in [7, 11) is 0. The van der Waals surface area contributed by atoms with Crippen LogP contribution in [0.1, 0.15) is 30.0 Å². The van der Waals surface area contributed by atoms with Gasteiger partial charge < -0.3 is 10.4 Å². The number of piperazine rings is 1. The minimum absolute atomic E-state index is 0.0554. The average molecular weight is 355 g/mol. The number of benzene rings is 1. The summed E-state index contributed by atoms with van der Waals surface area (Å²) in [5.74, 6) is -0.818. The molecule has 0 spiro atoms. The molecule has 8 heteroatoms. The molecule has 0 saturated carbocycles. The number of nitrogens with zero attached hydrogens (tertiary/aromatic N) is 1. The number of hydrogen-bond donors (Lipinski definition) is 2. The molecule has 1 atom stereocenters. The van der Waals surface area contributed by atoms with Gasteiger partial charge in [-0.25, -0.2) is 4.39 Å². The van der Waals surface area contributed by atoms with Gasteiger partial charge in [-0.2, -0.15) is 13.2 Å². The zero-order valence-corrected chi connectivity index (χ0v) is 13.2. The van der Waals surface area contributed by atoms with Gasteiger partial charge in [0.25, 0.3) is 0 Å². The predicted octanol–water partition coefficient (Wildman–Crippen LogP) is 3.22. The molecule has 1 fully saturated rings. The van der Waals surface area contributed by atoms with Gasteiger partial charge in [0.15, 0.2) is 0 Å². The Morgan fingerprint density at radius 1 is 1.26 bits per heavy atom. The third-order valence-electron chi connectivity index (χ3n) is 3.97. The largest absolute Gasteiger partial charge is 0.416 e. The Bertz CT molecular complexity index is 533. The highest BCUT2D eigenvalue weighted by atomic mass is 35.5. The van der Waals surface area contributed by atoms with Crippen LogP contribution in [-0.4, -0.2) is 42.8 Å². The molecule has 3 nitrogen and oxygen atoms in total. The van der Waals surface area contributed by atoms with Crippen LogP contribution < -0.4 is 5.32 Å². The molecule has 0 aromatic heterocycles. The zero-order chi connectivity index (χ0) is 17.0. The van der Waals surface area contributed by atoms with E-state index in [1.54, 1.807) is 0 Å². The molecule has 1 aromatic rings. The van der Waals surface area contributed by atoms with Gasteiger partial charge in [0.1, 0.15) is 5.82 Å². The quantitative estimate of drug-likeness (QED) is 0.797. The van der Waals surface area contributed by atoms with Crippen molar-refractivity contribution in [1.29, 1.82) is 0 Å². The molecule has 0 aliphatic carbocycles. The molecule has 2 rings (SSSR count). The molecule has 0 radical (unpaired) electrons. The van der Waals surface area contributed by atoms with E-state index in [1.165, 1.54) is 0 Å². The van der Waals surface area contributed by atoms with Gasteiger partial charge in [-0.15, -0.1) is 0 Å². The lowest BCUT2D eigenvalue weighted by atomic mass is 9.97. The molecule has 23 heavy (non-hydrogen) atoms. The molecular weight excluding hydrogens is 336 g/mol. The van der Waals surface area contributed by atoms with E-state index in [4.69, 9.17) is 16.7 Å². The summed E-state index contributed by atoms with van der Waals surface area (Å²) < 4.78 is 53.4. The molecule has 1 heterocycles. The summed E-state index contributed by atoms with van der Waals surface area (Å²) in [5, 5.41) is 11.7. The van der Waals surface area contributed by atoms with E-state index in [-0.39, 0.29) is 12.2 Å². The lowest BCUT2D eigenvalue weighted by Crippen LogP contribution is -2.45. The monoisotopic (exact) mass is 354 g/mol. The molecule has 2 N–H and O–H groups in total. The first-order valence-electron chi connectivity index (χ1n) is 7.46. The van der Waals surface area contributed by atoms with Crippen molar-refractivity contribution in [3.05, 3.63) is 34.1 Å². The minimum atomic E-state index is -4.59. The highest BCUT2D eigenvalue weighted by molar-refractivity contribution is 6.30.